The maximum atomic E-state index is 9.49. The van der Waals surface area contributed by atoms with Gasteiger partial charge in [-0.05, 0) is 6.92 Å². The average Bonchev–Trinajstić information content (AvgIpc) is 2.50. The fraction of sp³-hybridized carbons (Fsp3) is 0.769. The predicted molar refractivity (Wildman–Crippen MR) is 83.1 cm³/mol. The zero-order chi connectivity index (χ0) is 22.2. The number of carbonyl (C=O) groups excluding carboxylic acids is 1. The van der Waals surface area contributed by atoms with Gasteiger partial charge in [0.15, 0.2) is 12.8 Å². The van der Waals surface area contributed by atoms with Crippen molar-refractivity contribution in [2.24, 2.45) is 5.11 Å². The Morgan fingerprint density at radius 2 is 1.44 bits per heavy atom. The highest BCUT2D eigenvalue weighted by atomic mass is 16.7. The highest BCUT2D eigenvalue weighted by Crippen LogP contribution is 2.21. The van der Waals surface area contributed by atoms with Gasteiger partial charge in [0, 0.05) is 26.9 Å². The van der Waals surface area contributed by atoms with E-state index < -0.39 is 48.6 Å². The second kappa shape index (κ2) is 17.0. The molecule has 1 aliphatic heterocycles. The van der Waals surface area contributed by atoms with Crippen LogP contribution in [-0.2, 0) is 23.9 Å². The van der Waals surface area contributed by atoms with E-state index in [0.717, 1.165) is 20.8 Å². The number of carboxylic acid groups (broad SMARTS) is 3. The number of carbonyl (C=O) groups is 3. The zero-order valence-corrected chi connectivity index (χ0v) is 15.2. The SMILES string of the molecule is CC(=O)O.CC(=O)O.CC(=O)[O-].COC1OC(CN=[N+]=N)C(O)C(O)C1O. The van der Waals surface area contributed by atoms with Gasteiger partial charge in [-0.25, -0.2) is 0 Å². The molecule has 0 bridgehead atoms. The highest BCUT2D eigenvalue weighted by molar-refractivity contribution is 5.63. The number of aliphatic carboxylic acids is 3. The number of ether oxygens (including phenoxy) is 2. The first kappa shape index (κ1) is 29.3. The van der Waals surface area contributed by atoms with E-state index in [9.17, 15) is 15.3 Å². The molecule has 158 valence electrons. The molecule has 0 aromatic carbocycles. The number of carboxylic acids is 3. The molecule has 0 radical (unpaired) electrons. The average molecular weight is 399 g/mol. The molecule has 0 amide bonds. The van der Waals surface area contributed by atoms with Gasteiger partial charge in [0.2, 0.25) is 4.91 Å². The van der Waals surface area contributed by atoms with Gasteiger partial charge in [-0.2, -0.15) is 0 Å². The molecule has 1 aliphatic rings. The van der Waals surface area contributed by atoms with E-state index in [1.807, 2.05) is 0 Å². The largest absolute Gasteiger partial charge is 0.550 e. The second-order valence-electron chi connectivity index (χ2n) is 4.70. The quantitative estimate of drug-likeness (QED) is 0.205. The van der Waals surface area contributed by atoms with Crippen LogP contribution in [0.1, 0.15) is 20.8 Å². The molecule has 5 atom stereocenters. The maximum absolute atomic E-state index is 9.49. The summed E-state index contributed by atoms with van der Waals surface area (Å²) in [5, 5.41) is 55.4. The van der Waals surface area contributed by atoms with Crippen LogP contribution < -0.4 is 10.0 Å². The third-order valence-electron chi connectivity index (χ3n) is 2.23. The number of hydrogen-bond acceptors (Lipinski definition) is 11. The summed E-state index contributed by atoms with van der Waals surface area (Å²) in [7, 11) is 1.31. The number of methoxy groups -OCH3 is 1. The van der Waals surface area contributed by atoms with Crippen LogP contribution in [0.5, 0.6) is 0 Å². The van der Waals surface area contributed by atoms with E-state index in [1.165, 1.54) is 7.11 Å². The number of rotatable bonds is 3. The second-order valence-corrected chi connectivity index (χ2v) is 4.70. The van der Waals surface area contributed by atoms with Crippen molar-refractivity contribution in [3.8, 4) is 0 Å². The molecule has 1 fully saturated rings. The van der Waals surface area contributed by atoms with Gasteiger partial charge < -0.3 is 44.9 Å². The summed E-state index contributed by atoms with van der Waals surface area (Å²) in [6.07, 6.45) is -5.82. The Balaban J connectivity index is -0.000000394. The molecule has 14 heteroatoms. The standard InChI is InChI=1S/C7H14N3O5.3C2H4O2/c1-14-7-6(13)5(12)4(11)3(15-7)2-9-10-8;3*1-2(3)4/h3-8,11-13H,2H2,1H3;3*1H3,(H,3,4)/q+1;;;/p-1. The van der Waals surface area contributed by atoms with E-state index in [0.29, 0.717) is 0 Å². The van der Waals surface area contributed by atoms with Crippen molar-refractivity contribution in [2.45, 2.75) is 51.5 Å². The van der Waals surface area contributed by atoms with Gasteiger partial charge in [-0.15, -0.1) is 0 Å². The number of aliphatic hydroxyl groups excluding tert-OH is 3. The summed E-state index contributed by atoms with van der Waals surface area (Å²) in [6.45, 7) is 3.06. The minimum absolute atomic E-state index is 0.0751. The van der Waals surface area contributed by atoms with Crippen LogP contribution in [0, 0.1) is 5.53 Å². The Morgan fingerprint density at radius 3 is 1.74 bits per heavy atom. The minimum Gasteiger partial charge on any atom is -0.550 e. The molecular formula is C13H25N3O11. The third kappa shape index (κ3) is 19.7. The smallest absolute Gasteiger partial charge is 0.300 e. The molecule has 27 heavy (non-hydrogen) atoms. The molecular weight excluding hydrogens is 374 g/mol. The summed E-state index contributed by atoms with van der Waals surface area (Å²) in [4.78, 5) is 29.6. The van der Waals surface area contributed by atoms with Crippen molar-refractivity contribution in [2.75, 3.05) is 13.7 Å². The Labute approximate surface area is 154 Å². The number of hydrogen-bond donors (Lipinski definition) is 6. The zero-order valence-electron chi connectivity index (χ0n) is 15.2. The van der Waals surface area contributed by atoms with Crippen LogP contribution in [0.15, 0.2) is 5.11 Å². The topological polar surface area (TPSA) is 244 Å². The van der Waals surface area contributed by atoms with Crippen LogP contribution in [0.2, 0.25) is 0 Å². The van der Waals surface area contributed by atoms with Gasteiger partial charge in [0.25, 0.3) is 11.9 Å². The molecule has 1 saturated heterocycles. The lowest BCUT2D eigenvalue weighted by Crippen LogP contribution is -2.58. The van der Waals surface area contributed by atoms with Gasteiger partial charge in [-0.1, -0.05) is 0 Å². The lowest BCUT2D eigenvalue weighted by molar-refractivity contribution is -0.302. The molecule has 0 spiro atoms. The predicted octanol–water partition coefficient (Wildman–Crippen LogP) is -3.07. The Kier molecular flexibility index (Phi) is 18.4. The Bertz CT molecular complexity index is 453. The van der Waals surface area contributed by atoms with Gasteiger partial charge >= 0.3 is 0 Å². The molecule has 0 saturated carbocycles. The summed E-state index contributed by atoms with van der Waals surface area (Å²) in [5.74, 6) is -2.75. The summed E-state index contributed by atoms with van der Waals surface area (Å²) in [6, 6.07) is 0. The van der Waals surface area contributed by atoms with Crippen molar-refractivity contribution in [3.63, 3.8) is 0 Å². The van der Waals surface area contributed by atoms with Crippen LogP contribution in [0.25, 0.3) is 0 Å². The fourth-order valence-electron chi connectivity index (χ4n) is 1.38. The molecule has 1 heterocycles. The highest BCUT2D eigenvalue weighted by Gasteiger charge is 2.44. The number of nitrogens with one attached hydrogen (secondary N) is 1. The van der Waals surface area contributed by atoms with Gasteiger partial charge in [-0.3, -0.25) is 9.59 Å². The molecule has 0 aromatic heterocycles. The van der Waals surface area contributed by atoms with Gasteiger partial charge in [0.1, 0.15) is 35.1 Å². The first-order valence-electron chi connectivity index (χ1n) is 7.14. The van der Waals surface area contributed by atoms with E-state index in [4.69, 9.17) is 44.7 Å². The molecule has 5 unspecified atom stereocenters. The van der Waals surface area contributed by atoms with Crippen molar-refractivity contribution in [1.29, 1.82) is 5.53 Å². The summed E-state index contributed by atoms with van der Waals surface area (Å²) < 4.78 is 9.88. The molecule has 0 aromatic rings. The summed E-state index contributed by atoms with van der Waals surface area (Å²) in [5.41, 5.74) is 6.45. The number of aliphatic hydroxyl groups is 3. The first-order chi connectivity index (χ1) is 12.3. The Hall–Kier alpha value is -2.48. The van der Waals surface area contributed by atoms with Crippen LogP contribution in [0.3, 0.4) is 0 Å². The van der Waals surface area contributed by atoms with E-state index in [-0.39, 0.29) is 6.54 Å². The maximum Gasteiger partial charge on any atom is 0.300 e. The monoisotopic (exact) mass is 399 g/mol. The normalized spacial score (nSPS) is 25.5. The van der Waals surface area contributed by atoms with Gasteiger partial charge in [0.05, 0.1) is 0 Å². The lowest BCUT2D eigenvalue weighted by Gasteiger charge is -2.38. The third-order valence-corrected chi connectivity index (χ3v) is 2.23. The van der Waals surface area contributed by atoms with Crippen LogP contribution in [0.4, 0.5) is 0 Å². The van der Waals surface area contributed by atoms with Crippen LogP contribution >= 0.6 is 0 Å². The molecule has 6 N–H and O–H groups in total. The number of nitrogens with zero attached hydrogens (tertiary/aromatic N) is 2. The van der Waals surface area contributed by atoms with E-state index in [1.54, 1.807) is 0 Å². The van der Waals surface area contributed by atoms with Crippen molar-refractivity contribution in [3.05, 3.63) is 0 Å². The van der Waals surface area contributed by atoms with E-state index >= 15 is 0 Å². The molecule has 0 aliphatic carbocycles. The first-order valence-corrected chi connectivity index (χ1v) is 7.14. The van der Waals surface area contributed by atoms with E-state index in [2.05, 4.69) is 10.0 Å². The van der Waals surface area contributed by atoms with Crippen molar-refractivity contribution >= 4 is 17.9 Å². The Morgan fingerprint density at radius 1 is 1.07 bits per heavy atom. The summed E-state index contributed by atoms with van der Waals surface area (Å²) >= 11 is 0. The minimum atomic E-state index is -1.37. The lowest BCUT2D eigenvalue weighted by atomic mass is 9.99. The van der Waals surface area contributed by atoms with Crippen molar-refractivity contribution < 1.29 is 54.5 Å². The molecule has 14 nitrogen and oxygen atoms in total. The fourth-order valence-corrected chi connectivity index (χ4v) is 1.38. The van der Waals surface area contributed by atoms with Crippen LogP contribution in [-0.4, -0.2) is 87.8 Å². The van der Waals surface area contributed by atoms with Crippen molar-refractivity contribution in [1.82, 2.24) is 4.91 Å². The molecule has 1 rings (SSSR count).